The molecule has 0 saturated heterocycles. The van der Waals surface area contributed by atoms with Gasteiger partial charge in [-0.05, 0) is 18.8 Å². The third-order valence-corrected chi connectivity index (χ3v) is 5.66. The van der Waals surface area contributed by atoms with E-state index in [0.717, 1.165) is 5.92 Å². The number of hydrogen-bond acceptors (Lipinski definition) is 0. The van der Waals surface area contributed by atoms with Crippen molar-refractivity contribution in [2.24, 2.45) is 5.92 Å². The van der Waals surface area contributed by atoms with Crippen molar-refractivity contribution in [1.82, 2.24) is 0 Å². The van der Waals surface area contributed by atoms with Gasteiger partial charge in [0.25, 0.3) is 0 Å². The van der Waals surface area contributed by atoms with E-state index < -0.39 is 0 Å². The maximum atomic E-state index is 6.22. The molecule has 1 aliphatic rings. The second-order valence-corrected chi connectivity index (χ2v) is 5.79. The van der Waals surface area contributed by atoms with Crippen molar-refractivity contribution < 1.29 is 0 Å². The molecule has 0 amide bonds. The van der Waals surface area contributed by atoms with Crippen LogP contribution < -0.4 is 0 Å². The lowest BCUT2D eigenvalue weighted by Crippen LogP contribution is -2.30. The molecular formula is C7H11ClI2. The monoisotopic (exact) mass is 384 g/mol. The summed E-state index contributed by atoms with van der Waals surface area (Å²) in [5.74, 6) is 0.776. The van der Waals surface area contributed by atoms with Crippen molar-refractivity contribution in [2.75, 3.05) is 4.43 Å². The average molecular weight is 384 g/mol. The Kier molecular flexibility index (Phi) is 4.62. The van der Waals surface area contributed by atoms with Gasteiger partial charge in [0.05, 0.1) is 0 Å². The second-order valence-electron chi connectivity index (χ2n) is 2.81. The fourth-order valence-electron chi connectivity index (χ4n) is 1.35. The molecule has 0 aromatic carbocycles. The van der Waals surface area contributed by atoms with Crippen LogP contribution in [0.4, 0.5) is 0 Å². The fourth-order valence-corrected chi connectivity index (χ4v) is 4.01. The summed E-state index contributed by atoms with van der Waals surface area (Å²) in [5, 5.41) is 0.436. The molecule has 0 N–H and O–H groups in total. The van der Waals surface area contributed by atoms with Crippen LogP contribution in [0.2, 0.25) is 0 Å². The largest absolute Gasteiger partial charge is 0.122 e. The SMILES string of the molecule is ClC1C(I)CCCC1CI. The van der Waals surface area contributed by atoms with Crippen LogP contribution in [0.5, 0.6) is 0 Å². The molecule has 0 aromatic rings. The van der Waals surface area contributed by atoms with Gasteiger partial charge in [0.1, 0.15) is 0 Å². The van der Waals surface area contributed by atoms with Gasteiger partial charge in [0.15, 0.2) is 0 Å². The highest BCUT2D eigenvalue weighted by atomic mass is 127. The van der Waals surface area contributed by atoms with Crippen LogP contribution in [0, 0.1) is 5.92 Å². The molecule has 0 spiro atoms. The van der Waals surface area contributed by atoms with Gasteiger partial charge in [-0.1, -0.05) is 51.6 Å². The molecule has 0 nitrogen and oxygen atoms in total. The van der Waals surface area contributed by atoms with Crippen LogP contribution in [0.25, 0.3) is 0 Å². The highest BCUT2D eigenvalue weighted by Gasteiger charge is 2.28. The standard InChI is InChI=1S/C7H11ClI2/c8-7-5(4-9)2-1-3-6(7)10/h5-7H,1-4H2. The molecule has 0 radical (unpaired) electrons. The number of alkyl halides is 3. The van der Waals surface area contributed by atoms with E-state index in [4.69, 9.17) is 11.6 Å². The lowest BCUT2D eigenvalue weighted by molar-refractivity contribution is 0.419. The summed E-state index contributed by atoms with van der Waals surface area (Å²) in [7, 11) is 0. The first-order valence-electron chi connectivity index (χ1n) is 3.60. The van der Waals surface area contributed by atoms with E-state index in [1.54, 1.807) is 0 Å². The van der Waals surface area contributed by atoms with Crippen molar-refractivity contribution in [3.63, 3.8) is 0 Å². The van der Waals surface area contributed by atoms with Crippen LogP contribution in [-0.2, 0) is 0 Å². The van der Waals surface area contributed by atoms with E-state index in [1.807, 2.05) is 0 Å². The normalized spacial score (nSPS) is 41.7. The van der Waals surface area contributed by atoms with Gasteiger partial charge >= 0.3 is 0 Å². The Labute approximate surface area is 94.8 Å². The van der Waals surface area contributed by atoms with Crippen LogP contribution in [0.15, 0.2) is 0 Å². The molecule has 1 saturated carbocycles. The second kappa shape index (κ2) is 4.70. The van der Waals surface area contributed by atoms with E-state index in [2.05, 4.69) is 45.2 Å². The van der Waals surface area contributed by atoms with E-state index in [0.29, 0.717) is 9.30 Å². The van der Waals surface area contributed by atoms with Crippen molar-refractivity contribution in [3.05, 3.63) is 0 Å². The van der Waals surface area contributed by atoms with Gasteiger partial charge in [-0.2, -0.15) is 0 Å². The van der Waals surface area contributed by atoms with Crippen molar-refractivity contribution in [2.45, 2.75) is 28.6 Å². The van der Waals surface area contributed by atoms with Crippen molar-refractivity contribution in [3.8, 4) is 0 Å². The van der Waals surface area contributed by atoms with Gasteiger partial charge in [-0.25, -0.2) is 0 Å². The zero-order chi connectivity index (χ0) is 7.56. The Balaban J connectivity index is 2.42. The summed E-state index contributed by atoms with van der Waals surface area (Å²) in [6.45, 7) is 0. The summed E-state index contributed by atoms with van der Waals surface area (Å²) >= 11 is 11.2. The molecule has 60 valence electrons. The number of halogens is 3. The third kappa shape index (κ3) is 2.37. The van der Waals surface area contributed by atoms with Crippen molar-refractivity contribution >= 4 is 56.8 Å². The summed E-state index contributed by atoms with van der Waals surface area (Å²) in [5.41, 5.74) is 0. The molecule has 3 heteroatoms. The highest BCUT2D eigenvalue weighted by molar-refractivity contribution is 14.1. The molecule has 0 bridgehead atoms. The molecule has 0 aliphatic heterocycles. The van der Waals surface area contributed by atoms with Crippen LogP contribution >= 0.6 is 56.8 Å². The molecular weight excluding hydrogens is 373 g/mol. The first kappa shape index (κ1) is 9.84. The van der Waals surface area contributed by atoms with Crippen LogP contribution in [0.1, 0.15) is 19.3 Å². The summed E-state index contributed by atoms with van der Waals surface area (Å²) in [4.78, 5) is 0. The Morgan fingerprint density at radius 1 is 1.40 bits per heavy atom. The van der Waals surface area contributed by atoms with E-state index >= 15 is 0 Å². The minimum absolute atomic E-state index is 0.436. The molecule has 0 heterocycles. The molecule has 3 unspecified atom stereocenters. The Hall–Kier alpha value is 1.75. The zero-order valence-corrected chi connectivity index (χ0v) is 10.8. The van der Waals surface area contributed by atoms with Gasteiger partial charge in [-0.15, -0.1) is 11.6 Å². The molecule has 3 atom stereocenters. The molecule has 1 rings (SSSR count). The van der Waals surface area contributed by atoms with E-state index in [9.17, 15) is 0 Å². The maximum absolute atomic E-state index is 6.22. The first-order chi connectivity index (χ1) is 4.75. The third-order valence-electron chi connectivity index (χ3n) is 2.05. The highest BCUT2D eigenvalue weighted by Crippen LogP contribution is 2.34. The topological polar surface area (TPSA) is 0 Å². The summed E-state index contributed by atoms with van der Waals surface area (Å²) in [6.07, 6.45) is 4.04. The Morgan fingerprint density at radius 2 is 2.10 bits per heavy atom. The minimum atomic E-state index is 0.436. The quantitative estimate of drug-likeness (QED) is 0.478. The van der Waals surface area contributed by atoms with Gasteiger partial charge < -0.3 is 0 Å². The van der Waals surface area contributed by atoms with E-state index in [-0.39, 0.29) is 0 Å². The summed E-state index contributed by atoms with van der Waals surface area (Å²) < 4.78 is 1.94. The zero-order valence-electron chi connectivity index (χ0n) is 5.69. The van der Waals surface area contributed by atoms with Gasteiger partial charge in [-0.3, -0.25) is 0 Å². The average Bonchev–Trinajstić information content (AvgIpc) is 1.95. The molecule has 0 aromatic heterocycles. The molecule has 1 aliphatic carbocycles. The fraction of sp³-hybridized carbons (Fsp3) is 1.00. The van der Waals surface area contributed by atoms with Crippen molar-refractivity contribution in [1.29, 1.82) is 0 Å². The van der Waals surface area contributed by atoms with Gasteiger partial charge in [0, 0.05) is 13.7 Å². The van der Waals surface area contributed by atoms with E-state index in [1.165, 1.54) is 23.7 Å². The van der Waals surface area contributed by atoms with Gasteiger partial charge in [0.2, 0.25) is 0 Å². The summed E-state index contributed by atoms with van der Waals surface area (Å²) in [6, 6.07) is 0. The smallest absolute Gasteiger partial charge is 0.0489 e. The van der Waals surface area contributed by atoms with Crippen LogP contribution in [-0.4, -0.2) is 13.7 Å². The Bertz CT molecular complexity index is 108. The lowest BCUT2D eigenvalue weighted by Gasteiger charge is -2.29. The molecule has 1 fully saturated rings. The number of rotatable bonds is 1. The number of hydrogen-bond donors (Lipinski definition) is 0. The minimum Gasteiger partial charge on any atom is -0.122 e. The maximum Gasteiger partial charge on any atom is 0.0489 e. The molecule has 10 heavy (non-hydrogen) atoms. The predicted octanol–water partition coefficient (Wildman–Crippen LogP) is 3.63. The van der Waals surface area contributed by atoms with Crippen LogP contribution in [0.3, 0.4) is 0 Å². The predicted molar refractivity (Wildman–Crippen MR) is 63.7 cm³/mol. The Morgan fingerprint density at radius 3 is 2.60 bits per heavy atom. The first-order valence-corrected chi connectivity index (χ1v) is 6.80. The lowest BCUT2D eigenvalue weighted by atomic mass is 9.90.